The molecule has 3 rings (SSSR count). The fraction of sp³-hybridized carbons (Fsp3) is 0.571. The minimum Gasteiger partial charge on any atom is -0.353 e. The predicted molar refractivity (Wildman–Crippen MR) is 102 cm³/mol. The SMILES string of the molecule is C/C(=C\C(=O)NCCCN1CCN(C)C[C@@H]1c1ccccc1)C1CC1. The molecule has 136 valence electrons. The van der Waals surface area contributed by atoms with Crippen molar-refractivity contribution in [2.45, 2.75) is 32.2 Å². The van der Waals surface area contributed by atoms with Gasteiger partial charge < -0.3 is 10.2 Å². The summed E-state index contributed by atoms with van der Waals surface area (Å²) in [5.74, 6) is 0.741. The molecule has 1 heterocycles. The number of carbonyl (C=O) groups is 1. The largest absolute Gasteiger partial charge is 0.353 e. The second kappa shape index (κ2) is 8.63. The lowest BCUT2D eigenvalue weighted by molar-refractivity contribution is -0.116. The quantitative estimate of drug-likeness (QED) is 0.612. The molecule has 2 aliphatic rings. The molecular formula is C21H31N3O. The molecule has 1 aliphatic heterocycles. The first-order valence-electron chi connectivity index (χ1n) is 9.57. The normalized spacial score (nSPS) is 22.8. The number of hydrogen-bond acceptors (Lipinski definition) is 3. The summed E-state index contributed by atoms with van der Waals surface area (Å²) < 4.78 is 0. The summed E-state index contributed by atoms with van der Waals surface area (Å²) >= 11 is 0. The van der Waals surface area contributed by atoms with Crippen LogP contribution in [0.5, 0.6) is 0 Å². The molecule has 1 atom stereocenters. The third kappa shape index (κ3) is 5.41. The van der Waals surface area contributed by atoms with E-state index in [-0.39, 0.29) is 5.91 Å². The van der Waals surface area contributed by atoms with E-state index < -0.39 is 0 Å². The summed E-state index contributed by atoms with van der Waals surface area (Å²) in [7, 11) is 2.20. The van der Waals surface area contributed by atoms with Gasteiger partial charge in [-0.25, -0.2) is 0 Å². The zero-order chi connectivity index (χ0) is 17.6. The number of nitrogens with zero attached hydrogens (tertiary/aromatic N) is 2. The molecule has 1 saturated carbocycles. The van der Waals surface area contributed by atoms with Gasteiger partial charge in [-0.15, -0.1) is 0 Å². The molecule has 0 spiro atoms. The van der Waals surface area contributed by atoms with Crippen LogP contribution in [0.3, 0.4) is 0 Å². The van der Waals surface area contributed by atoms with Gasteiger partial charge in [0.25, 0.3) is 0 Å². The van der Waals surface area contributed by atoms with Crippen LogP contribution in [0, 0.1) is 5.92 Å². The van der Waals surface area contributed by atoms with Crippen LogP contribution in [0.15, 0.2) is 42.0 Å². The van der Waals surface area contributed by atoms with Gasteiger partial charge in [0.2, 0.25) is 5.91 Å². The number of amides is 1. The first-order chi connectivity index (χ1) is 12.1. The molecule has 1 aromatic carbocycles. The second-order valence-electron chi connectivity index (χ2n) is 7.53. The Morgan fingerprint density at radius 1 is 1.24 bits per heavy atom. The van der Waals surface area contributed by atoms with E-state index in [2.05, 4.69) is 59.4 Å². The van der Waals surface area contributed by atoms with Gasteiger partial charge in [0, 0.05) is 44.8 Å². The molecular weight excluding hydrogens is 310 g/mol. The molecule has 1 aromatic rings. The van der Waals surface area contributed by atoms with E-state index in [1.54, 1.807) is 6.08 Å². The van der Waals surface area contributed by atoms with Crippen molar-refractivity contribution in [3.63, 3.8) is 0 Å². The van der Waals surface area contributed by atoms with Crippen molar-refractivity contribution in [3.8, 4) is 0 Å². The van der Waals surface area contributed by atoms with Crippen molar-refractivity contribution in [2.75, 3.05) is 39.8 Å². The predicted octanol–water partition coefficient (Wildman–Crippen LogP) is 2.84. The van der Waals surface area contributed by atoms with Gasteiger partial charge in [-0.1, -0.05) is 35.9 Å². The van der Waals surface area contributed by atoms with Crippen LogP contribution in [0.4, 0.5) is 0 Å². The van der Waals surface area contributed by atoms with Crippen LogP contribution in [-0.4, -0.2) is 55.5 Å². The maximum absolute atomic E-state index is 12.0. The number of carbonyl (C=O) groups excluding carboxylic acids is 1. The molecule has 0 radical (unpaired) electrons. The number of allylic oxidation sites excluding steroid dienone is 1. The van der Waals surface area contributed by atoms with Gasteiger partial charge in [-0.2, -0.15) is 0 Å². The fourth-order valence-electron chi connectivity index (χ4n) is 3.62. The topological polar surface area (TPSA) is 35.6 Å². The number of hydrogen-bond donors (Lipinski definition) is 1. The Bertz CT molecular complexity index is 594. The average molecular weight is 341 g/mol. The van der Waals surface area contributed by atoms with Crippen LogP contribution >= 0.6 is 0 Å². The van der Waals surface area contributed by atoms with Gasteiger partial charge in [0.1, 0.15) is 0 Å². The van der Waals surface area contributed by atoms with E-state index in [9.17, 15) is 4.79 Å². The summed E-state index contributed by atoms with van der Waals surface area (Å²) in [4.78, 5) is 16.9. The van der Waals surface area contributed by atoms with Gasteiger partial charge in [0.15, 0.2) is 0 Å². The highest BCUT2D eigenvalue weighted by Gasteiger charge is 2.26. The molecule has 1 saturated heterocycles. The number of likely N-dealkylation sites (N-methyl/N-ethyl adjacent to an activating group) is 1. The number of nitrogens with one attached hydrogen (secondary N) is 1. The van der Waals surface area contributed by atoms with Crippen molar-refractivity contribution in [3.05, 3.63) is 47.5 Å². The Labute approximate surface area is 151 Å². The molecule has 0 unspecified atom stereocenters. The smallest absolute Gasteiger partial charge is 0.243 e. The Morgan fingerprint density at radius 3 is 2.72 bits per heavy atom. The van der Waals surface area contributed by atoms with Crippen molar-refractivity contribution in [1.29, 1.82) is 0 Å². The molecule has 0 bridgehead atoms. The van der Waals surface area contributed by atoms with Crippen LogP contribution in [0.2, 0.25) is 0 Å². The van der Waals surface area contributed by atoms with Crippen molar-refractivity contribution in [2.24, 2.45) is 5.92 Å². The zero-order valence-corrected chi connectivity index (χ0v) is 15.6. The number of piperazine rings is 1. The highest BCUT2D eigenvalue weighted by Crippen LogP contribution is 2.35. The number of rotatable bonds is 7. The van der Waals surface area contributed by atoms with Crippen LogP contribution < -0.4 is 5.32 Å². The average Bonchev–Trinajstić information content (AvgIpc) is 3.45. The third-order valence-corrected chi connectivity index (χ3v) is 5.38. The van der Waals surface area contributed by atoms with Gasteiger partial charge in [0.05, 0.1) is 0 Å². The molecule has 1 aliphatic carbocycles. The minimum atomic E-state index is 0.0717. The van der Waals surface area contributed by atoms with Crippen LogP contribution in [0.25, 0.3) is 0 Å². The van der Waals surface area contributed by atoms with Crippen LogP contribution in [0.1, 0.15) is 37.8 Å². The van der Waals surface area contributed by atoms with Crippen LogP contribution in [-0.2, 0) is 4.79 Å². The van der Waals surface area contributed by atoms with Crippen molar-refractivity contribution >= 4 is 5.91 Å². The standard InChI is InChI=1S/C21H31N3O/c1-17(18-9-10-18)15-21(25)22-11-6-12-24-14-13-23(2)16-20(24)19-7-4-3-5-8-19/h3-5,7-8,15,18,20H,6,9-14,16H2,1-2H3,(H,22,25)/b17-15+/t20-/m1/s1. The van der Waals surface area contributed by atoms with Gasteiger partial charge >= 0.3 is 0 Å². The summed E-state index contributed by atoms with van der Waals surface area (Å²) in [6.45, 7) is 7.12. The summed E-state index contributed by atoms with van der Waals surface area (Å²) in [5.41, 5.74) is 2.63. The second-order valence-corrected chi connectivity index (χ2v) is 7.53. The number of benzene rings is 1. The first-order valence-corrected chi connectivity index (χ1v) is 9.57. The molecule has 2 fully saturated rings. The van der Waals surface area contributed by atoms with Crippen molar-refractivity contribution < 1.29 is 4.79 Å². The van der Waals surface area contributed by atoms with Crippen molar-refractivity contribution in [1.82, 2.24) is 15.1 Å². The third-order valence-electron chi connectivity index (χ3n) is 5.38. The Hall–Kier alpha value is -1.65. The van der Waals surface area contributed by atoms with E-state index in [0.717, 1.165) is 39.1 Å². The summed E-state index contributed by atoms with van der Waals surface area (Å²) in [6.07, 6.45) is 5.29. The minimum absolute atomic E-state index is 0.0717. The maximum Gasteiger partial charge on any atom is 0.243 e. The zero-order valence-electron chi connectivity index (χ0n) is 15.6. The Balaban J connectivity index is 1.46. The molecule has 4 heteroatoms. The molecule has 25 heavy (non-hydrogen) atoms. The van der Waals surface area contributed by atoms with E-state index in [1.807, 2.05) is 0 Å². The van der Waals surface area contributed by atoms with E-state index in [1.165, 1.54) is 24.0 Å². The lowest BCUT2D eigenvalue weighted by atomic mass is 10.0. The fourth-order valence-corrected chi connectivity index (χ4v) is 3.62. The Morgan fingerprint density at radius 2 is 2.00 bits per heavy atom. The summed E-state index contributed by atoms with van der Waals surface area (Å²) in [5, 5.41) is 3.05. The van der Waals surface area contributed by atoms with Gasteiger partial charge in [-0.3, -0.25) is 9.69 Å². The van der Waals surface area contributed by atoms with E-state index in [0.29, 0.717) is 12.0 Å². The molecule has 4 nitrogen and oxygen atoms in total. The maximum atomic E-state index is 12.0. The Kier molecular flexibility index (Phi) is 6.27. The van der Waals surface area contributed by atoms with E-state index >= 15 is 0 Å². The molecule has 1 amide bonds. The van der Waals surface area contributed by atoms with Gasteiger partial charge in [-0.05, 0) is 44.7 Å². The lowest BCUT2D eigenvalue weighted by Gasteiger charge is -2.40. The lowest BCUT2D eigenvalue weighted by Crippen LogP contribution is -2.47. The first kappa shape index (κ1) is 18.2. The highest BCUT2D eigenvalue weighted by atomic mass is 16.1. The highest BCUT2D eigenvalue weighted by molar-refractivity contribution is 5.88. The summed E-state index contributed by atoms with van der Waals surface area (Å²) in [6, 6.07) is 11.2. The monoisotopic (exact) mass is 341 g/mol. The van der Waals surface area contributed by atoms with E-state index in [4.69, 9.17) is 0 Å². The molecule has 0 aromatic heterocycles. The molecule has 1 N–H and O–H groups in total.